The van der Waals surface area contributed by atoms with E-state index in [0.717, 1.165) is 0 Å². The number of hydrogen-bond donors (Lipinski definition) is 1. The van der Waals surface area contributed by atoms with Crippen LogP contribution in [0.2, 0.25) is 0 Å². The number of nitrogens with two attached hydrogens (primary N) is 1. The first-order valence-electron chi connectivity index (χ1n) is 4.05. The zero-order chi connectivity index (χ0) is 9.82. The van der Waals surface area contributed by atoms with Crippen LogP contribution < -0.4 is 5.73 Å². The van der Waals surface area contributed by atoms with Crippen molar-refractivity contribution in [3.8, 4) is 0 Å². The number of rotatable bonds is 1. The van der Waals surface area contributed by atoms with Gasteiger partial charge in [-0.2, -0.15) is 0 Å². The van der Waals surface area contributed by atoms with E-state index in [1.807, 2.05) is 50.0 Å². The van der Waals surface area contributed by atoms with Crippen LogP contribution in [0.5, 0.6) is 0 Å². The molecule has 0 unspecified atom stereocenters. The summed E-state index contributed by atoms with van der Waals surface area (Å²) in [5.74, 6) is 1.81. The summed E-state index contributed by atoms with van der Waals surface area (Å²) >= 11 is 2.94. The third-order valence-corrected chi connectivity index (χ3v) is 1.08. The maximum atomic E-state index is 5.35. The van der Waals surface area contributed by atoms with Gasteiger partial charge in [0.1, 0.15) is 0 Å². The molecule has 0 aliphatic rings. The second-order valence-electron chi connectivity index (χ2n) is 1.69. The number of alkyl halides is 1. The Balaban J connectivity index is 0. The largest absolute Gasteiger partial charge is 0.326 e. The first-order chi connectivity index (χ1) is 5.93. The lowest BCUT2D eigenvalue weighted by molar-refractivity contribution is 1.07. The number of halogens is 1. The van der Waals surface area contributed by atoms with E-state index < -0.39 is 0 Å². The molecule has 1 aromatic carbocycles. The monoisotopic (exact) mass is 231 g/mol. The molecule has 0 bridgehead atoms. The molecule has 0 aliphatic heterocycles. The van der Waals surface area contributed by atoms with Crippen LogP contribution in [0.3, 0.4) is 0 Å². The van der Waals surface area contributed by atoms with Gasteiger partial charge < -0.3 is 5.73 Å². The summed E-state index contributed by atoms with van der Waals surface area (Å²) in [6.45, 7) is 4.64. The van der Waals surface area contributed by atoms with Gasteiger partial charge in [0.05, 0.1) is 0 Å². The molecule has 0 radical (unpaired) electrons. The van der Waals surface area contributed by atoms with Crippen LogP contribution in [0, 0.1) is 0 Å². The molecule has 0 spiro atoms. The normalized spacial score (nSPS) is 7.08. The molecule has 0 fully saturated rings. The molecule has 2 N–H and O–H groups in total. The van der Waals surface area contributed by atoms with Gasteiger partial charge >= 0.3 is 0 Å². The smallest absolute Gasteiger partial charge is 0.0178 e. The number of benzene rings is 1. The maximum Gasteiger partial charge on any atom is 0.0178 e. The van der Waals surface area contributed by atoms with Gasteiger partial charge in [-0.05, 0) is 11.4 Å². The zero-order valence-electron chi connectivity index (χ0n) is 8.05. The predicted octanol–water partition coefficient (Wildman–Crippen LogP) is 3.18. The van der Waals surface area contributed by atoms with E-state index in [0.29, 0.717) is 6.54 Å². The van der Waals surface area contributed by atoms with E-state index in [9.17, 15) is 0 Å². The van der Waals surface area contributed by atoms with E-state index in [4.69, 9.17) is 5.73 Å². The standard InChI is InChI=1S/C7H9N.C2H6.CH3Br/c8-6-7-4-2-1-3-5-7;2*1-2/h1-5H,6,8H2;1-2H3;1H3. The van der Waals surface area contributed by atoms with E-state index in [1.54, 1.807) is 0 Å². The Hall–Kier alpha value is -0.340. The number of hydrogen-bond acceptors (Lipinski definition) is 1. The lowest BCUT2D eigenvalue weighted by atomic mass is 10.2. The van der Waals surface area contributed by atoms with Crippen LogP contribution in [-0.4, -0.2) is 5.83 Å². The topological polar surface area (TPSA) is 26.0 Å². The van der Waals surface area contributed by atoms with Crippen LogP contribution in [0.1, 0.15) is 19.4 Å². The van der Waals surface area contributed by atoms with Crippen molar-refractivity contribution < 1.29 is 0 Å². The predicted molar refractivity (Wildman–Crippen MR) is 60.5 cm³/mol. The van der Waals surface area contributed by atoms with Crippen molar-refractivity contribution in [3.63, 3.8) is 0 Å². The summed E-state index contributed by atoms with van der Waals surface area (Å²) in [5, 5.41) is 0. The van der Waals surface area contributed by atoms with Crippen molar-refractivity contribution in [2.45, 2.75) is 20.4 Å². The van der Waals surface area contributed by atoms with E-state index in [1.165, 1.54) is 5.56 Å². The Bertz CT molecular complexity index is 151. The zero-order valence-corrected chi connectivity index (χ0v) is 9.64. The highest BCUT2D eigenvalue weighted by Crippen LogP contribution is 1.94. The van der Waals surface area contributed by atoms with Gasteiger partial charge in [0.2, 0.25) is 0 Å². The molecule has 0 amide bonds. The fourth-order valence-electron chi connectivity index (χ4n) is 0.614. The molecule has 1 aromatic rings. The van der Waals surface area contributed by atoms with E-state index in [2.05, 4.69) is 15.9 Å². The van der Waals surface area contributed by atoms with Crippen molar-refractivity contribution in [2.75, 3.05) is 5.83 Å². The van der Waals surface area contributed by atoms with Gasteiger partial charge in [-0.3, -0.25) is 0 Å². The van der Waals surface area contributed by atoms with Gasteiger partial charge in [0, 0.05) is 6.54 Å². The Morgan fingerprint density at radius 2 is 1.50 bits per heavy atom. The first kappa shape index (κ1) is 14.2. The van der Waals surface area contributed by atoms with E-state index >= 15 is 0 Å². The summed E-state index contributed by atoms with van der Waals surface area (Å²) in [4.78, 5) is 0. The average Bonchev–Trinajstić information content (AvgIpc) is 2.25. The quantitative estimate of drug-likeness (QED) is 0.739. The highest BCUT2D eigenvalue weighted by atomic mass is 79.9. The average molecular weight is 232 g/mol. The molecule has 1 nitrogen and oxygen atoms in total. The minimum atomic E-state index is 0.640. The molecule has 0 heterocycles. The van der Waals surface area contributed by atoms with Crippen molar-refractivity contribution in [2.24, 2.45) is 5.73 Å². The van der Waals surface area contributed by atoms with Crippen molar-refractivity contribution >= 4 is 15.9 Å². The molecule has 0 saturated carbocycles. The minimum Gasteiger partial charge on any atom is -0.326 e. The Kier molecular flexibility index (Phi) is 15.7. The minimum absolute atomic E-state index is 0.640. The first-order valence-corrected chi connectivity index (χ1v) is 5.64. The fourth-order valence-corrected chi connectivity index (χ4v) is 0.614. The third kappa shape index (κ3) is 7.76. The van der Waals surface area contributed by atoms with Crippen molar-refractivity contribution in [3.05, 3.63) is 35.9 Å². The van der Waals surface area contributed by atoms with Crippen LogP contribution in [0.25, 0.3) is 0 Å². The Morgan fingerprint density at radius 3 is 1.75 bits per heavy atom. The molecular weight excluding hydrogens is 214 g/mol. The van der Waals surface area contributed by atoms with Crippen molar-refractivity contribution in [1.82, 2.24) is 0 Å². The highest BCUT2D eigenvalue weighted by molar-refractivity contribution is 9.08. The summed E-state index contributed by atoms with van der Waals surface area (Å²) in [6, 6.07) is 9.99. The van der Waals surface area contributed by atoms with Crippen LogP contribution in [0.4, 0.5) is 0 Å². The molecule has 0 aliphatic carbocycles. The SMILES string of the molecule is CBr.CC.NCc1ccccc1. The molecule has 0 saturated heterocycles. The molecule has 0 atom stereocenters. The van der Waals surface area contributed by atoms with Gasteiger partial charge in [0.25, 0.3) is 0 Å². The third-order valence-electron chi connectivity index (χ3n) is 1.08. The Labute approximate surface area is 84.1 Å². The Morgan fingerprint density at radius 1 is 1.08 bits per heavy atom. The lowest BCUT2D eigenvalue weighted by Crippen LogP contribution is -1.94. The van der Waals surface area contributed by atoms with Gasteiger partial charge in [0.15, 0.2) is 0 Å². The summed E-state index contributed by atoms with van der Waals surface area (Å²) in [5.41, 5.74) is 6.54. The molecule has 70 valence electrons. The molecule has 0 aromatic heterocycles. The highest BCUT2D eigenvalue weighted by Gasteiger charge is 1.80. The van der Waals surface area contributed by atoms with Crippen LogP contribution in [0.15, 0.2) is 30.3 Å². The molecule has 2 heteroatoms. The lowest BCUT2D eigenvalue weighted by Gasteiger charge is -1.90. The van der Waals surface area contributed by atoms with Crippen LogP contribution in [-0.2, 0) is 6.54 Å². The summed E-state index contributed by atoms with van der Waals surface area (Å²) in [6.07, 6.45) is 0. The van der Waals surface area contributed by atoms with Gasteiger partial charge in [-0.15, -0.1) is 0 Å². The summed E-state index contributed by atoms with van der Waals surface area (Å²) in [7, 11) is 0. The maximum absolute atomic E-state index is 5.35. The van der Waals surface area contributed by atoms with E-state index in [-0.39, 0.29) is 0 Å². The second kappa shape index (κ2) is 13.3. The second-order valence-corrected chi connectivity index (χ2v) is 1.69. The molecule has 1 rings (SSSR count). The fraction of sp³-hybridized carbons (Fsp3) is 0.400. The van der Waals surface area contributed by atoms with Crippen molar-refractivity contribution in [1.29, 1.82) is 0 Å². The molecular formula is C10H18BrN. The molecule has 12 heavy (non-hydrogen) atoms. The van der Waals surface area contributed by atoms with Gasteiger partial charge in [-0.1, -0.05) is 60.1 Å². The summed E-state index contributed by atoms with van der Waals surface area (Å²) < 4.78 is 0. The van der Waals surface area contributed by atoms with Gasteiger partial charge in [-0.25, -0.2) is 0 Å². The van der Waals surface area contributed by atoms with Crippen LogP contribution >= 0.6 is 15.9 Å².